The zero-order chi connectivity index (χ0) is 19.0. The summed E-state index contributed by atoms with van der Waals surface area (Å²) in [6.45, 7) is 6.32. The topological polar surface area (TPSA) is 84.3 Å². The zero-order valence-electron chi connectivity index (χ0n) is 16.0. The summed E-state index contributed by atoms with van der Waals surface area (Å²) in [5, 5.41) is 8.52. The minimum Gasteiger partial charge on any atom is -0.357 e. The van der Waals surface area contributed by atoms with Crippen molar-refractivity contribution in [1.82, 2.24) is 29.7 Å². The predicted molar refractivity (Wildman–Crippen MR) is 108 cm³/mol. The first-order chi connectivity index (χ1) is 13.1. The molecule has 4 aromatic heterocycles. The molecule has 0 aliphatic heterocycles. The Labute approximate surface area is 157 Å². The van der Waals surface area contributed by atoms with E-state index < -0.39 is 0 Å². The molecule has 138 valence electrons. The van der Waals surface area contributed by atoms with Gasteiger partial charge in [-0.1, -0.05) is 6.92 Å². The highest BCUT2D eigenvalue weighted by Gasteiger charge is 2.13. The number of hydrogen-bond acceptors (Lipinski definition) is 5. The molecule has 0 radical (unpaired) electrons. The summed E-state index contributed by atoms with van der Waals surface area (Å²) in [6, 6.07) is 4.50. The zero-order valence-corrected chi connectivity index (χ0v) is 16.0. The van der Waals surface area contributed by atoms with Crippen molar-refractivity contribution in [3.8, 4) is 22.4 Å². The van der Waals surface area contributed by atoms with Gasteiger partial charge < -0.3 is 10.3 Å². The van der Waals surface area contributed by atoms with Crippen LogP contribution in [0, 0.1) is 0 Å². The molecule has 0 atom stereocenters. The van der Waals surface area contributed by atoms with E-state index in [1.165, 1.54) is 0 Å². The molecule has 0 amide bonds. The second-order valence-corrected chi connectivity index (χ2v) is 6.80. The molecule has 0 fully saturated rings. The Kier molecular flexibility index (Phi) is 4.35. The van der Waals surface area contributed by atoms with Gasteiger partial charge in [0.2, 0.25) is 5.95 Å². The summed E-state index contributed by atoms with van der Waals surface area (Å²) < 4.78 is 1.95. The molecule has 2 N–H and O–H groups in total. The van der Waals surface area contributed by atoms with Crippen LogP contribution in [0.4, 0.5) is 5.95 Å². The molecule has 0 spiro atoms. The van der Waals surface area contributed by atoms with Gasteiger partial charge in [-0.05, 0) is 32.4 Å². The number of aromatic amines is 1. The lowest BCUT2D eigenvalue weighted by Crippen LogP contribution is -2.00. The van der Waals surface area contributed by atoms with Crippen LogP contribution >= 0.6 is 0 Å². The molecule has 0 bridgehead atoms. The summed E-state index contributed by atoms with van der Waals surface area (Å²) in [5.41, 5.74) is 5.83. The largest absolute Gasteiger partial charge is 0.357 e. The maximum Gasteiger partial charge on any atom is 0.223 e. The molecule has 0 aromatic carbocycles. The Morgan fingerprint density at radius 2 is 2.00 bits per heavy atom. The van der Waals surface area contributed by atoms with Crippen molar-refractivity contribution in [3.05, 3.63) is 42.6 Å². The van der Waals surface area contributed by atoms with Crippen LogP contribution < -0.4 is 5.32 Å². The summed E-state index contributed by atoms with van der Waals surface area (Å²) in [4.78, 5) is 17.0. The van der Waals surface area contributed by atoms with E-state index in [4.69, 9.17) is 0 Å². The number of nitrogens with one attached hydrogen (secondary N) is 2. The molecule has 4 aromatic rings. The Hall–Kier alpha value is -3.22. The second-order valence-electron chi connectivity index (χ2n) is 6.80. The summed E-state index contributed by atoms with van der Waals surface area (Å²) >= 11 is 0. The number of H-pyrrole nitrogens is 1. The van der Waals surface area contributed by atoms with E-state index in [2.05, 4.69) is 63.4 Å². The average molecular weight is 361 g/mol. The van der Waals surface area contributed by atoms with Crippen molar-refractivity contribution in [2.75, 3.05) is 12.4 Å². The maximum absolute atomic E-state index is 4.64. The monoisotopic (exact) mass is 361 g/mol. The van der Waals surface area contributed by atoms with Crippen LogP contribution in [0.2, 0.25) is 0 Å². The number of anilines is 1. The van der Waals surface area contributed by atoms with Gasteiger partial charge in [-0.2, -0.15) is 5.10 Å². The predicted octanol–water partition coefficient (Wildman–Crippen LogP) is 4.07. The van der Waals surface area contributed by atoms with Crippen LogP contribution in [-0.2, 0) is 6.42 Å². The summed E-state index contributed by atoms with van der Waals surface area (Å²) in [7, 11) is 1.83. The van der Waals surface area contributed by atoms with E-state index in [0.717, 1.165) is 45.5 Å². The van der Waals surface area contributed by atoms with Gasteiger partial charge in [0.15, 0.2) is 0 Å². The van der Waals surface area contributed by atoms with Crippen LogP contribution in [0.3, 0.4) is 0 Å². The minimum absolute atomic E-state index is 0.326. The highest BCUT2D eigenvalue weighted by Crippen LogP contribution is 2.31. The minimum atomic E-state index is 0.326. The third-order valence-electron chi connectivity index (χ3n) is 4.64. The SMILES string of the molecule is CCc1cc(-c2c[nH]c3ncc(-c4cnn(C(C)C)c4)cc23)nc(NC)n1. The van der Waals surface area contributed by atoms with Crippen LogP contribution in [0.5, 0.6) is 0 Å². The number of aromatic nitrogens is 6. The molecule has 0 saturated heterocycles. The highest BCUT2D eigenvalue weighted by atomic mass is 15.3. The van der Waals surface area contributed by atoms with Gasteiger partial charge in [-0.3, -0.25) is 4.68 Å². The van der Waals surface area contributed by atoms with Crippen molar-refractivity contribution in [2.24, 2.45) is 0 Å². The second kappa shape index (κ2) is 6.83. The number of rotatable bonds is 5. The van der Waals surface area contributed by atoms with E-state index in [1.54, 1.807) is 0 Å². The average Bonchev–Trinajstić information content (AvgIpc) is 3.34. The number of fused-ring (bicyclic) bond motifs is 1. The summed E-state index contributed by atoms with van der Waals surface area (Å²) in [6.07, 6.45) is 8.62. The lowest BCUT2D eigenvalue weighted by Gasteiger charge is -2.06. The molecule has 0 saturated carbocycles. The van der Waals surface area contributed by atoms with Gasteiger partial charge in [0, 0.05) is 59.5 Å². The molecule has 0 aliphatic carbocycles. The third kappa shape index (κ3) is 3.16. The number of aryl methyl sites for hydroxylation is 1. The van der Waals surface area contributed by atoms with Crippen molar-refractivity contribution in [1.29, 1.82) is 0 Å². The van der Waals surface area contributed by atoms with E-state index in [9.17, 15) is 0 Å². The molecule has 4 heterocycles. The van der Waals surface area contributed by atoms with Crippen LogP contribution in [0.25, 0.3) is 33.4 Å². The molecule has 27 heavy (non-hydrogen) atoms. The normalized spacial score (nSPS) is 11.4. The molecular weight excluding hydrogens is 338 g/mol. The standard InChI is InChI=1S/C20H23N7/c1-5-15-7-18(26-20(21-4)25-15)17-10-23-19-16(17)6-13(8-22-19)14-9-24-27(11-14)12(2)3/h6-12H,5H2,1-4H3,(H,22,23)(H,21,25,26). The molecule has 0 unspecified atom stereocenters. The molecule has 7 nitrogen and oxygen atoms in total. The Morgan fingerprint density at radius 1 is 1.15 bits per heavy atom. The van der Waals surface area contributed by atoms with Crippen LogP contribution in [0.15, 0.2) is 36.9 Å². The quantitative estimate of drug-likeness (QED) is 0.560. The van der Waals surface area contributed by atoms with Gasteiger partial charge in [-0.15, -0.1) is 0 Å². The summed E-state index contributed by atoms with van der Waals surface area (Å²) in [5.74, 6) is 0.626. The van der Waals surface area contributed by atoms with Crippen molar-refractivity contribution in [2.45, 2.75) is 33.2 Å². The van der Waals surface area contributed by atoms with E-state index in [0.29, 0.717) is 12.0 Å². The number of hydrogen-bond donors (Lipinski definition) is 2. The highest BCUT2D eigenvalue weighted by molar-refractivity contribution is 5.95. The van der Waals surface area contributed by atoms with Gasteiger partial charge in [0.25, 0.3) is 0 Å². The third-order valence-corrected chi connectivity index (χ3v) is 4.64. The molecular formula is C20H23N7. The van der Waals surface area contributed by atoms with E-state index in [1.807, 2.05) is 36.4 Å². The van der Waals surface area contributed by atoms with Crippen molar-refractivity contribution in [3.63, 3.8) is 0 Å². The Morgan fingerprint density at radius 3 is 2.70 bits per heavy atom. The Bertz CT molecular complexity index is 1070. The number of pyridine rings is 1. The lowest BCUT2D eigenvalue weighted by atomic mass is 10.1. The maximum atomic E-state index is 4.64. The van der Waals surface area contributed by atoms with Crippen LogP contribution in [-0.4, -0.2) is 36.8 Å². The first-order valence-electron chi connectivity index (χ1n) is 9.16. The van der Waals surface area contributed by atoms with Crippen LogP contribution in [0.1, 0.15) is 32.5 Å². The first kappa shape index (κ1) is 17.2. The van der Waals surface area contributed by atoms with Gasteiger partial charge in [0.05, 0.1) is 11.9 Å². The molecule has 0 aliphatic rings. The van der Waals surface area contributed by atoms with E-state index in [-0.39, 0.29) is 0 Å². The van der Waals surface area contributed by atoms with Gasteiger partial charge >= 0.3 is 0 Å². The van der Waals surface area contributed by atoms with Crippen molar-refractivity contribution < 1.29 is 0 Å². The fourth-order valence-electron chi connectivity index (χ4n) is 3.07. The Balaban J connectivity index is 1.83. The number of nitrogens with zero attached hydrogens (tertiary/aromatic N) is 5. The van der Waals surface area contributed by atoms with Gasteiger partial charge in [0.1, 0.15) is 5.65 Å². The lowest BCUT2D eigenvalue weighted by molar-refractivity contribution is 0.532. The molecule has 4 rings (SSSR count). The smallest absolute Gasteiger partial charge is 0.223 e. The van der Waals surface area contributed by atoms with Crippen molar-refractivity contribution >= 4 is 17.0 Å². The fraction of sp³-hybridized carbons (Fsp3) is 0.300. The fourth-order valence-corrected chi connectivity index (χ4v) is 3.07. The first-order valence-corrected chi connectivity index (χ1v) is 9.16. The molecule has 7 heteroatoms. The van der Waals surface area contributed by atoms with E-state index >= 15 is 0 Å². The van der Waals surface area contributed by atoms with Gasteiger partial charge in [-0.25, -0.2) is 15.0 Å².